The molecule has 0 amide bonds. The highest BCUT2D eigenvalue weighted by Crippen LogP contribution is 2.29. The van der Waals surface area contributed by atoms with Crippen molar-refractivity contribution in [2.75, 3.05) is 6.54 Å². The molecule has 2 rings (SSSR count). The summed E-state index contributed by atoms with van der Waals surface area (Å²) in [4.78, 5) is 4.01. The molecule has 3 unspecified atom stereocenters. The van der Waals surface area contributed by atoms with Gasteiger partial charge in [0.2, 0.25) is 5.89 Å². The molecule has 1 saturated carbocycles. The highest BCUT2D eigenvalue weighted by molar-refractivity contribution is 4.81. The molecule has 0 saturated heterocycles. The molecule has 1 N–H and O–H groups in total. The summed E-state index contributed by atoms with van der Waals surface area (Å²) in [6, 6.07) is 0.675. The molecule has 1 aliphatic rings. The van der Waals surface area contributed by atoms with E-state index in [2.05, 4.69) is 29.3 Å². The Morgan fingerprint density at radius 2 is 2.25 bits per heavy atom. The van der Waals surface area contributed by atoms with Gasteiger partial charge >= 0.3 is 0 Å². The van der Waals surface area contributed by atoms with Crippen LogP contribution in [0.2, 0.25) is 0 Å². The lowest BCUT2D eigenvalue weighted by Gasteiger charge is -2.32. The highest BCUT2D eigenvalue weighted by Gasteiger charge is 2.23. The van der Waals surface area contributed by atoms with Crippen LogP contribution in [-0.2, 0) is 6.42 Å². The Bertz CT molecular complexity index is 299. The van der Waals surface area contributed by atoms with E-state index >= 15 is 0 Å². The quantitative estimate of drug-likeness (QED) is 0.848. The molecule has 1 aliphatic carbocycles. The zero-order valence-electron chi connectivity index (χ0n) is 10.1. The van der Waals surface area contributed by atoms with E-state index in [1.807, 2.05) is 0 Å². The van der Waals surface area contributed by atoms with Crippen molar-refractivity contribution in [2.24, 2.45) is 11.8 Å². The Balaban J connectivity index is 1.67. The van der Waals surface area contributed by atoms with Crippen LogP contribution in [0.3, 0.4) is 0 Å². The van der Waals surface area contributed by atoms with Gasteiger partial charge in [0.15, 0.2) is 6.33 Å². The van der Waals surface area contributed by atoms with E-state index in [0.29, 0.717) is 6.04 Å². The molecule has 3 atom stereocenters. The molecule has 16 heavy (non-hydrogen) atoms. The van der Waals surface area contributed by atoms with E-state index in [1.54, 1.807) is 0 Å². The summed E-state index contributed by atoms with van der Waals surface area (Å²) < 4.78 is 4.96. The van der Waals surface area contributed by atoms with Crippen LogP contribution in [0.25, 0.3) is 0 Å². The summed E-state index contributed by atoms with van der Waals surface area (Å²) in [5, 5.41) is 7.18. The van der Waals surface area contributed by atoms with E-state index in [1.165, 1.54) is 25.6 Å². The molecule has 1 heterocycles. The monoisotopic (exact) mass is 223 g/mol. The topological polar surface area (TPSA) is 51.0 Å². The first-order chi connectivity index (χ1) is 7.75. The molecule has 1 fully saturated rings. The summed E-state index contributed by atoms with van der Waals surface area (Å²) in [6.07, 6.45) is 6.24. The van der Waals surface area contributed by atoms with E-state index < -0.39 is 0 Å². The molecule has 0 bridgehead atoms. The maximum absolute atomic E-state index is 4.96. The first-order valence-electron chi connectivity index (χ1n) is 6.24. The van der Waals surface area contributed by atoms with E-state index in [4.69, 9.17) is 4.52 Å². The summed E-state index contributed by atoms with van der Waals surface area (Å²) >= 11 is 0. The van der Waals surface area contributed by atoms with Gasteiger partial charge in [-0.25, -0.2) is 0 Å². The van der Waals surface area contributed by atoms with Crippen molar-refractivity contribution in [3.8, 4) is 0 Å². The minimum absolute atomic E-state index is 0.675. The van der Waals surface area contributed by atoms with Crippen LogP contribution >= 0.6 is 0 Å². The molecule has 4 nitrogen and oxygen atoms in total. The summed E-state index contributed by atoms with van der Waals surface area (Å²) in [5.41, 5.74) is 0. The number of aromatic nitrogens is 2. The van der Waals surface area contributed by atoms with Crippen molar-refractivity contribution < 1.29 is 4.52 Å². The number of hydrogen-bond acceptors (Lipinski definition) is 4. The van der Waals surface area contributed by atoms with Crippen molar-refractivity contribution in [1.82, 2.24) is 15.5 Å². The molecular formula is C12H21N3O. The molecule has 90 valence electrons. The highest BCUT2D eigenvalue weighted by atomic mass is 16.5. The second kappa shape index (κ2) is 5.43. The SMILES string of the molecule is CC1CCC(NCCc2ncno2)CC1C. The molecule has 1 aromatic heterocycles. The van der Waals surface area contributed by atoms with Crippen molar-refractivity contribution in [3.05, 3.63) is 12.2 Å². The third kappa shape index (κ3) is 3.04. The fourth-order valence-corrected chi connectivity index (χ4v) is 2.42. The van der Waals surface area contributed by atoms with Crippen molar-refractivity contribution in [1.29, 1.82) is 0 Å². The van der Waals surface area contributed by atoms with Gasteiger partial charge in [0.25, 0.3) is 0 Å². The number of hydrogen-bond donors (Lipinski definition) is 1. The molecular weight excluding hydrogens is 202 g/mol. The Hall–Kier alpha value is -0.900. The molecule has 0 aliphatic heterocycles. The Morgan fingerprint density at radius 1 is 1.38 bits per heavy atom. The van der Waals surface area contributed by atoms with Crippen molar-refractivity contribution in [2.45, 2.75) is 45.6 Å². The summed E-state index contributed by atoms with van der Waals surface area (Å²) in [5.74, 6) is 2.45. The molecule has 0 spiro atoms. The maximum Gasteiger partial charge on any atom is 0.227 e. The minimum atomic E-state index is 0.675. The van der Waals surface area contributed by atoms with E-state index in [9.17, 15) is 0 Å². The van der Waals surface area contributed by atoms with Gasteiger partial charge in [-0.1, -0.05) is 19.0 Å². The van der Waals surface area contributed by atoms with E-state index in [-0.39, 0.29) is 0 Å². The fourth-order valence-electron chi connectivity index (χ4n) is 2.42. The summed E-state index contributed by atoms with van der Waals surface area (Å²) in [7, 11) is 0. The standard InChI is InChI=1S/C12H21N3O/c1-9-3-4-11(7-10(9)2)13-6-5-12-14-8-15-16-12/h8-11,13H,3-7H2,1-2H3. The molecule has 4 heteroatoms. The normalized spacial score (nSPS) is 30.5. The average molecular weight is 223 g/mol. The largest absolute Gasteiger partial charge is 0.340 e. The molecule has 1 aromatic rings. The fraction of sp³-hybridized carbons (Fsp3) is 0.833. The van der Waals surface area contributed by atoms with Crippen LogP contribution in [0.4, 0.5) is 0 Å². The summed E-state index contributed by atoms with van der Waals surface area (Å²) in [6.45, 7) is 5.66. The van der Waals surface area contributed by atoms with Crippen molar-refractivity contribution >= 4 is 0 Å². The third-order valence-corrected chi connectivity index (χ3v) is 3.78. The number of nitrogens with one attached hydrogen (secondary N) is 1. The van der Waals surface area contributed by atoms with Gasteiger partial charge in [-0.3, -0.25) is 0 Å². The number of rotatable bonds is 4. The second-order valence-electron chi connectivity index (χ2n) is 5.00. The smallest absolute Gasteiger partial charge is 0.227 e. The predicted molar refractivity (Wildman–Crippen MR) is 62.0 cm³/mol. The third-order valence-electron chi connectivity index (χ3n) is 3.78. The van der Waals surface area contributed by atoms with Crippen LogP contribution in [0.1, 0.15) is 39.0 Å². The number of nitrogens with zero attached hydrogens (tertiary/aromatic N) is 2. The second-order valence-corrected chi connectivity index (χ2v) is 5.00. The van der Waals surface area contributed by atoms with Crippen molar-refractivity contribution in [3.63, 3.8) is 0 Å². The lowest BCUT2D eigenvalue weighted by Crippen LogP contribution is -2.37. The molecule has 0 aromatic carbocycles. The zero-order chi connectivity index (χ0) is 11.4. The lowest BCUT2D eigenvalue weighted by atomic mass is 9.79. The van der Waals surface area contributed by atoms with Crippen LogP contribution in [0.5, 0.6) is 0 Å². The van der Waals surface area contributed by atoms with Crippen LogP contribution in [-0.4, -0.2) is 22.7 Å². The zero-order valence-corrected chi connectivity index (χ0v) is 10.1. The minimum Gasteiger partial charge on any atom is -0.340 e. The first kappa shape index (κ1) is 11.6. The average Bonchev–Trinajstić information content (AvgIpc) is 2.76. The van der Waals surface area contributed by atoms with Crippen LogP contribution in [0, 0.1) is 11.8 Å². The van der Waals surface area contributed by atoms with Gasteiger partial charge in [-0.2, -0.15) is 4.98 Å². The van der Waals surface area contributed by atoms with Crippen LogP contribution in [0.15, 0.2) is 10.9 Å². The maximum atomic E-state index is 4.96. The molecule has 0 radical (unpaired) electrons. The Kier molecular flexibility index (Phi) is 3.93. The van der Waals surface area contributed by atoms with Gasteiger partial charge in [-0.15, -0.1) is 0 Å². The van der Waals surface area contributed by atoms with Gasteiger partial charge in [0, 0.05) is 19.0 Å². The lowest BCUT2D eigenvalue weighted by molar-refractivity contribution is 0.226. The van der Waals surface area contributed by atoms with E-state index in [0.717, 1.165) is 30.7 Å². The van der Waals surface area contributed by atoms with Gasteiger partial charge in [-0.05, 0) is 31.1 Å². The van der Waals surface area contributed by atoms with Gasteiger partial charge in [0.05, 0.1) is 0 Å². The van der Waals surface area contributed by atoms with Crippen LogP contribution < -0.4 is 5.32 Å². The Labute approximate surface area is 96.8 Å². The van der Waals surface area contributed by atoms with Gasteiger partial charge in [0.1, 0.15) is 0 Å². The predicted octanol–water partition coefficient (Wildman–Crippen LogP) is 2.03. The Morgan fingerprint density at radius 3 is 2.94 bits per heavy atom. The first-order valence-corrected chi connectivity index (χ1v) is 6.24. The van der Waals surface area contributed by atoms with Gasteiger partial charge < -0.3 is 9.84 Å².